The Bertz CT molecular complexity index is 1410. The average Bonchev–Trinajstić information content (AvgIpc) is 3.08. The van der Waals surface area contributed by atoms with E-state index in [-0.39, 0.29) is 17.2 Å². The van der Waals surface area contributed by atoms with Gasteiger partial charge in [0.15, 0.2) is 17.3 Å². The van der Waals surface area contributed by atoms with Crippen molar-refractivity contribution in [3.63, 3.8) is 0 Å². The van der Waals surface area contributed by atoms with Gasteiger partial charge in [-0.1, -0.05) is 24.3 Å². The van der Waals surface area contributed by atoms with Crippen molar-refractivity contribution in [1.82, 2.24) is 9.97 Å². The van der Waals surface area contributed by atoms with E-state index in [0.29, 0.717) is 45.2 Å². The number of benzene rings is 2. The number of allylic oxidation sites excluding steroid dienone is 1. The molecule has 5 rings (SSSR count). The number of methoxy groups -OCH3 is 3. The molecule has 0 amide bonds. The van der Waals surface area contributed by atoms with Crippen molar-refractivity contribution in [1.29, 1.82) is 0 Å². The minimum atomic E-state index is -0.782. The Labute approximate surface area is 181 Å². The van der Waals surface area contributed by atoms with Crippen LogP contribution in [0.5, 0.6) is 17.2 Å². The Morgan fingerprint density at radius 1 is 0.844 bits per heavy atom. The van der Waals surface area contributed by atoms with Crippen LogP contribution >= 0.6 is 0 Å². The summed E-state index contributed by atoms with van der Waals surface area (Å²) in [4.78, 5) is 43.3. The van der Waals surface area contributed by atoms with Crippen molar-refractivity contribution in [3.05, 3.63) is 85.1 Å². The number of hydrogen-bond acceptors (Lipinski definition) is 7. The summed E-state index contributed by atoms with van der Waals surface area (Å²) in [6, 6.07) is 10.6. The van der Waals surface area contributed by atoms with Gasteiger partial charge in [-0.2, -0.15) is 0 Å². The quantitative estimate of drug-likeness (QED) is 0.577. The maximum absolute atomic E-state index is 13.5. The first-order valence-electron chi connectivity index (χ1n) is 9.80. The zero-order valence-corrected chi connectivity index (χ0v) is 17.5. The number of carbonyl (C=O) groups excluding carboxylic acids is 1. The summed E-state index contributed by atoms with van der Waals surface area (Å²) in [6.07, 6.45) is 0. The van der Waals surface area contributed by atoms with Gasteiger partial charge in [0.2, 0.25) is 5.75 Å². The minimum absolute atomic E-state index is 0.196. The molecule has 0 radical (unpaired) electrons. The van der Waals surface area contributed by atoms with Crippen LogP contribution < -0.4 is 30.8 Å². The van der Waals surface area contributed by atoms with Crippen molar-refractivity contribution in [3.8, 4) is 17.2 Å². The zero-order chi connectivity index (χ0) is 22.6. The average molecular weight is 433 g/mol. The monoisotopic (exact) mass is 433 g/mol. The normalized spacial score (nSPS) is 16.1. The van der Waals surface area contributed by atoms with Crippen molar-refractivity contribution >= 4 is 17.3 Å². The van der Waals surface area contributed by atoms with Crippen LogP contribution in [0.4, 0.5) is 5.82 Å². The lowest BCUT2D eigenvalue weighted by Gasteiger charge is -2.28. The number of anilines is 1. The van der Waals surface area contributed by atoms with Crippen LogP contribution in [0, 0.1) is 0 Å². The van der Waals surface area contributed by atoms with E-state index in [2.05, 4.69) is 15.3 Å². The van der Waals surface area contributed by atoms with Crippen LogP contribution in [0.3, 0.4) is 0 Å². The lowest BCUT2D eigenvalue weighted by atomic mass is 9.81. The molecular weight excluding hydrogens is 414 g/mol. The van der Waals surface area contributed by atoms with Gasteiger partial charge in [0.1, 0.15) is 5.82 Å². The summed E-state index contributed by atoms with van der Waals surface area (Å²) < 4.78 is 16.4. The molecule has 1 atom stereocenters. The topological polar surface area (TPSA) is 123 Å². The molecular formula is C23H19N3O6. The molecule has 0 saturated carbocycles. The Hall–Kier alpha value is -4.27. The number of carbonyl (C=O) groups is 1. The first kappa shape index (κ1) is 19.7. The maximum Gasteiger partial charge on any atom is 0.327 e. The van der Waals surface area contributed by atoms with E-state index in [0.717, 1.165) is 0 Å². The predicted octanol–water partition coefficient (Wildman–Crippen LogP) is 2.25. The lowest BCUT2D eigenvalue weighted by Crippen LogP contribution is -2.33. The van der Waals surface area contributed by atoms with E-state index >= 15 is 0 Å². The first-order chi connectivity index (χ1) is 15.5. The smallest absolute Gasteiger partial charge is 0.327 e. The summed E-state index contributed by atoms with van der Waals surface area (Å²) in [5.74, 6) is 0.411. The third-order valence-corrected chi connectivity index (χ3v) is 5.78. The second-order valence-electron chi connectivity index (χ2n) is 7.38. The largest absolute Gasteiger partial charge is 0.493 e. The fourth-order valence-corrected chi connectivity index (χ4v) is 4.45. The summed E-state index contributed by atoms with van der Waals surface area (Å²) in [5.41, 5.74) is 1.75. The number of fused-ring (bicyclic) bond motifs is 3. The van der Waals surface area contributed by atoms with Crippen LogP contribution in [0.2, 0.25) is 0 Å². The third kappa shape index (κ3) is 2.67. The molecule has 1 aliphatic heterocycles. The molecule has 9 heteroatoms. The van der Waals surface area contributed by atoms with Crippen LogP contribution in [0.15, 0.2) is 51.6 Å². The van der Waals surface area contributed by atoms with Crippen LogP contribution in [0.25, 0.3) is 5.70 Å². The molecule has 162 valence electrons. The number of aromatic amines is 2. The number of ketones is 1. The zero-order valence-electron chi connectivity index (χ0n) is 17.5. The molecule has 3 N–H and O–H groups in total. The number of rotatable bonds is 4. The second-order valence-corrected chi connectivity index (χ2v) is 7.38. The number of aromatic nitrogens is 2. The molecule has 9 nitrogen and oxygen atoms in total. The summed E-state index contributed by atoms with van der Waals surface area (Å²) in [7, 11) is 4.47. The number of nitrogens with one attached hydrogen (secondary N) is 3. The van der Waals surface area contributed by atoms with Crippen molar-refractivity contribution < 1.29 is 19.0 Å². The second kappa shape index (κ2) is 7.16. The summed E-state index contributed by atoms with van der Waals surface area (Å²) in [5, 5.41) is 3.10. The highest BCUT2D eigenvalue weighted by Crippen LogP contribution is 2.50. The number of H-pyrrole nitrogens is 2. The van der Waals surface area contributed by atoms with Gasteiger partial charge < -0.3 is 19.5 Å². The van der Waals surface area contributed by atoms with Gasteiger partial charge in [-0.3, -0.25) is 19.6 Å². The van der Waals surface area contributed by atoms with E-state index in [9.17, 15) is 14.4 Å². The third-order valence-electron chi connectivity index (χ3n) is 5.78. The molecule has 2 aromatic carbocycles. The summed E-state index contributed by atoms with van der Waals surface area (Å²) >= 11 is 0. The molecule has 32 heavy (non-hydrogen) atoms. The molecule has 0 bridgehead atoms. The molecule has 1 aliphatic carbocycles. The number of Topliss-reactive ketones (excluding diaryl/α,β-unsaturated/α-hetero) is 1. The Morgan fingerprint density at radius 3 is 2.12 bits per heavy atom. The molecule has 0 saturated heterocycles. The lowest BCUT2D eigenvalue weighted by molar-refractivity contribution is 0.103. The highest BCUT2D eigenvalue weighted by Gasteiger charge is 2.42. The van der Waals surface area contributed by atoms with E-state index in [1.807, 2.05) is 12.1 Å². The number of ether oxygens (including phenoxy) is 3. The Kier molecular flexibility index (Phi) is 4.40. The van der Waals surface area contributed by atoms with E-state index in [1.165, 1.54) is 21.3 Å². The van der Waals surface area contributed by atoms with E-state index < -0.39 is 17.2 Å². The summed E-state index contributed by atoms with van der Waals surface area (Å²) in [6.45, 7) is 0. The molecule has 2 aliphatic rings. The van der Waals surface area contributed by atoms with Gasteiger partial charge in [-0.15, -0.1) is 0 Å². The Balaban J connectivity index is 1.84. The molecule has 3 aromatic rings. The highest BCUT2D eigenvalue weighted by atomic mass is 16.5. The molecule has 0 spiro atoms. The standard InChI is InChI=1S/C23H19N3O6/c1-30-13-8-10(9-14(31-2)20(13)32-3)15-16-18(11-6-4-5-7-12(11)19(16)27)24-21-17(15)22(28)26-23(29)25-21/h4-9,15H,1-3H3,(H3,24,25,26,28,29). The maximum atomic E-state index is 13.5. The van der Waals surface area contributed by atoms with Crippen LogP contribution in [0.1, 0.15) is 33.0 Å². The number of hydrogen-bond donors (Lipinski definition) is 3. The van der Waals surface area contributed by atoms with Gasteiger partial charge in [-0.05, 0) is 17.7 Å². The fourth-order valence-electron chi connectivity index (χ4n) is 4.45. The van der Waals surface area contributed by atoms with Gasteiger partial charge in [0, 0.05) is 22.6 Å². The van der Waals surface area contributed by atoms with Crippen molar-refractivity contribution in [2.45, 2.75) is 5.92 Å². The van der Waals surface area contributed by atoms with Crippen LogP contribution in [-0.4, -0.2) is 37.1 Å². The van der Waals surface area contributed by atoms with Crippen molar-refractivity contribution in [2.75, 3.05) is 26.6 Å². The minimum Gasteiger partial charge on any atom is -0.493 e. The molecule has 0 fully saturated rings. The fraction of sp³-hybridized carbons (Fsp3) is 0.174. The van der Waals surface area contributed by atoms with E-state index in [4.69, 9.17) is 14.2 Å². The highest BCUT2D eigenvalue weighted by molar-refractivity contribution is 6.23. The van der Waals surface area contributed by atoms with Gasteiger partial charge in [0.25, 0.3) is 5.56 Å². The van der Waals surface area contributed by atoms with Gasteiger partial charge >= 0.3 is 5.69 Å². The van der Waals surface area contributed by atoms with Gasteiger partial charge in [0.05, 0.1) is 32.6 Å². The van der Waals surface area contributed by atoms with E-state index in [1.54, 1.807) is 24.3 Å². The predicted molar refractivity (Wildman–Crippen MR) is 117 cm³/mol. The Morgan fingerprint density at radius 2 is 1.50 bits per heavy atom. The van der Waals surface area contributed by atoms with Crippen LogP contribution in [-0.2, 0) is 0 Å². The van der Waals surface area contributed by atoms with Gasteiger partial charge in [-0.25, -0.2) is 4.79 Å². The molecule has 1 unspecified atom stereocenters. The van der Waals surface area contributed by atoms with Crippen molar-refractivity contribution in [2.24, 2.45) is 0 Å². The SMILES string of the molecule is COc1cc(C2C3=C(Nc4[nH]c(=O)[nH]c(=O)c42)c2ccccc2C3=O)cc(OC)c1OC. The molecule has 1 aromatic heterocycles. The first-order valence-corrected chi connectivity index (χ1v) is 9.80. The molecule has 2 heterocycles.